The first kappa shape index (κ1) is 13.9. The molecule has 0 aromatic heterocycles. The molecular weight excluding hydrogens is 208 g/mol. The molecule has 1 aliphatic heterocycles. The summed E-state index contributed by atoms with van der Waals surface area (Å²) < 4.78 is 0. The minimum Gasteiger partial charge on any atom is -0.388 e. The van der Waals surface area contributed by atoms with Gasteiger partial charge in [0.25, 0.3) is 0 Å². The number of rotatable bonds is 5. The first-order valence-corrected chi connectivity index (χ1v) is 6.79. The fourth-order valence-corrected chi connectivity index (χ4v) is 2.16. The van der Waals surface area contributed by atoms with E-state index in [1.165, 1.54) is 43.7 Å². The summed E-state index contributed by atoms with van der Waals surface area (Å²) in [7, 11) is 1.96. The zero-order chi connectivity index (χ0) is 12.5. The molecule has 0 saturated carbocycles. The molecule has 1 rings (SSSR count). The van der Waals surface area contributed by atoms with E-state index < -0.39 is 0 Å². The first-order chi connectivity index (χ1) is 8.31. The molecule has 0 aromatic carbocycles. The molecular formula is C15H26N2. The van der Waals surface area contributed by atoms with Gasteiger partial charge in [-0.2, -0.15) is 0 Å². The summed E-state index contributed by atoms with van der Waals surface area (Å²) >= 11 is 0. The average Bonchev–Trinajstić information content (AvgIpc) is 2.39. The average molecular weight is 234 g/mol. The van der Waals surface area contributed by atoms with Gasteiger partial charge in [-0.3, -0.25) is 0 Å². The van der Waals surface area contributed by atoms with Gasteiger partial charge in [0.1, 0.15) is 0 Å². The van der Waals surface area contributed by atoms with E-state index in [0.29, 0.717) is 0 Å². The van der Waals surface area contributed by atoms with E-state index in [4.69, 9.17) is 0 Å². The molecule has 0 unspecified atom stereocenters. The molecule has 1 N–H and O–H groups in total. The van der Waals surface area contributed by atoms with Gasteiger partial charge in [0.15, 0.2) is 0 Å². The van der Waals surface area contributed by atoms with Crippen molar-refractivity contribution in [3.05, 3.63) is 35.7 Å². The van der Waals surface area contributed by atoms with Gasteiger partial charge in [-0.1, -0.05) is 19.1 Å². The number of allylic oxidation sites excluding steroid dienone is 4. The van der Waals surface area contributed by atoms with Crippen LogP contribution in [0.15, 0.2) is 35.7 Å². The highest BCUT2D eigenvalue weighted by molar-refractivity contribution is 5.26. The van der Waals surface area contributed by atoms with Gasteiger partial charge in [0.2, 0.25) is 0 Å². The zero-order valence-electron chi connectivity index (χ0n) is 11.5. The van der Waals surface area contributed by atoms with Crippen LogP contribution in [0, 0.1) is 0 Å². The van der Waals surface area contributed by atoms with E-state index >= 15 is 0 Å². The van der Waals surface area contributed by atoms with Gasteiger partial charge in [0, 0.05) is 31.5 Å². The molecule has 2 nitrogen and oxygen atoms in total. The van der Waals surface area contributed by atoms with Crippen LogP contribution in [0.4, 0.5) is 0 Å². The predicted molar refractivity (Wildman–Crippen MR) is 75.8 cm³/mol. The van der Waals surface area contributed by atoms with Crippen molar-refractivity contribution in [2.45, 2.75) is 39.5 Å². The topological polar surface area (TPSA) is 15.3 Å². The zero-order valence-corrected chi connectivity index (χ0v) is 11.5. The monoisotopic (exact) mass is 234 g/mol. The lowest BCUT2D eigenvalue weighted by atomic mass is 10.1. The maximum absolute atomic E-state index is 3.18. The molecule has 1 saturated heterocycles. The van der Waals surface area contributed by atoms with Crippen molar-refractivity contribution in [2.24, 2.45) is 0 Å². The van der Waals surface area contributed by atoms with Crippen molar-refractivity contribution in [1.29, 1.82) is 0 Å². The third-order valence-electron chi connectivity index (χ3n) is 3.17. The Morgan fingerprint density at radius 3 is 2.41 bits per heavy atom. The summed E-state index contributed by atoms with van der Waals surface area (Å²) in [6.45, 7) is 6.68. The van der Waals surface area contributed by atoms with Crippen LogP contribution < -0.4 is 5.32 Å². The Bertz CT molecular complexity index is 294. The second-order valence-electron chi connectivity index (χ2n) is 4.41. The predicted octanol–water partition coefficient (Wildman–Crippen LogP) is 3.45. The highest BCUT2D eigenvalue weighted by Gasteiger charge is 2.10. The quantitative estimate of drug-likeness (QED) is 0.733. The van der Waals surface area contributed by atoms with Crippen molar-refractivity contribution in [1.82, 2.24) is 10.2 Å². The second-order valence-corrected chi connectivity index (χ2v) is 4.41. The number of nitrogens with zero attached hydrogens (tertiary/aromatic N) is 1. The highest BCUT2D eigenvalue weighted by Crippen LogP contribution is 2.16. The van der Waals surface area contributed by atoms with Crippen molar-refractivity contribution < 1.29 is 0 Å². The number of likely N-dealkylation sites (N-methyl/N-ethyl adjacent to an activating group) is 1. The fourth-order valence-electron chi connectivity index (χ4n) is 2.16. The molecule has 0 atom stereocenters. The van der Waals surface area contributed by atoms with Crippen LogP contribution in [0.3, 0.4) is 0 Å². The van der Waals surface area contributed by atoms with Crippen LogP contribution in [-0.4, -0.2) is 25.0 Å². The van der Waals surface area contributed by atoms with Gasteiger partial charge in [-0.05, 0) is 44.8 Å². The molecule has 17 heavy (non-hydrogen) atoms. The van der Waals surface area contributed by atoms with Crippen LogP contribution in [0.5, 0.6) is 0 Å². The van der Waals surface area contributed by atoms with Crippen LogP contribution >= 0.6 is 0 Å². The Morgan fingerprint density at radius 1 is 1.18 bits per heavy atom. The summed E-state index contributed by atoms with van der Waals surface area (Å²) in [5.74, 6) is 0. The maximum Gasteiger partial charge on any atom is 0.0326 e. The van der Waals surface area contributed by atoms with Gasteiger partial charge >= 0.3 is 0 Å². The lowest BCUT2D eigenvalue weighted by Gasteiger charge is -2.29. The lowest BCUT2D eigenvalue weighted by molar-refractivity contribution is 0.292. The normalized spacial score (nSPS) is 18.9. The highest BCUT2D eigenvalue weighted by atomic mass is 15.1. The van der Waals surface area contributed by atoms with Gasteiger partial charge in [-0.25, -0.2) is 0 Å². The molecule has 0 aromatic rings. The largest absolute Gasteiger partial charge is 0.388 e. The Hall–Kier alpha value is -1.18. The summed E-state index contributed by atoms with van der Waals surface area (Å²) in [5, 5.41) is 3.18. The Balaban J connectivity index is 2.69. The van der Waals surface area contributed by atoms with Gasteiger partial charge in [0.05, 0.1) is 0 Å². The Kier molecular flexibility index (Phi) is 6.53. The van der Waals surface area contributed by atoms with Crippen LogP contribution in [0.1, 0.15) is 39.5 Å². The summed E-state index contributed by atoms with van der Waals surface area (Å²) in [6, 6.07) is 0. The number of piperidine rings is 1. The maximum atomic E-state index is 3.18. The molecule has 1 fully saturated rings. The smallest absolute Gasteiger partial charge is 0.0326 e. The second kappa shape index (κ2) is 7.99. The Morgan fingerprint density at radius 2 is 1.88 bits per heavy atom. The van der Waals surface area contributed by atoms with E-state index in [0.717, 1.165) is 6.42 Å². The molecule has 96 valence electrons. The third-order valence-corrected chi connectivity index (χ3v) is 3.17. The summed E-state index contributed by atoms with van der Waals surface area (Å²) in [6.07, 6.45) is 14.0. The molecule has 0 radical (unpaired) electrons. The molecule has 2 heteroatoms. The van der Waals surface area contributed by atoms with Crippen molar-refractivity contribution >= 4 is 0 Å². The van der Waals surface area contributed by atoms with E-state index in [-0.39, 0.29) is 0 Å². The number of hydrogen-bond acceptors (Lipinski definition) is 2. The first-order valence-electron chi connectivity index (χ1n) is 6.79. The molecule has 1 aliphatic rings. The number of hydrogen-bond donors (Lipinski definition) is 1. The van der Waals surface area contributed by atoms with Gasteiger partial charge < -0.3 is 10.2 Å². The summed E-state index contributed by atoms with van der Waals surface area (Å²) in [4.78, 5) is 2.51. The minimum atomic E-state index is 1.10. The number of likely N-dealkylation sites (tertiary alicyclic amines) is 1. The van der Waals surface area contributed by atoms with E-state index in [9.17, 15) is 0 Å². The third kappa shape index (κ3) is 4.68. The number of nitrogens with one attached hydrogen (secondary N) is 1. The van der Waals surface area contributed by atoms with Crippen molar-refractivity contribution in [3.8, 4) is 0 Å². The molecule has 0 spiro atoms. The van der Waals surface area contributed by atoms with E-state index in [2.05, 4.69) is 48.4 Å². The van der Waals surface area contributed by atoms with Crippen molar-refractivity contribution in [3.63, 3.8) is 0 Å². The van der Waals surface area contributed by atoms with Crippen LogP contribution in [0.25, 0.3) is 0 Å². The van der Waals surface area contributed by atoms with E-state index in [1.54, 1.807) is 0 Å². The van der Waals surface area contributed by atoms with E-state index in [1.807, 2.05) is 7.05 Å². The minimum absolute atomic E-state index is 1.10. The SMILES string of the molecule is C\C=C(/C=C\C(=C\CC)N1CCCCC1)NC. The van der Waals surface area contributed by atoms with Crippen LogP contribution in [-0.2, 0) is 0 Å². The molecule has 0 bridgehead atoms. The lowest BCUT2D eigenvalue weighted by Crippen LogP contribution is -2.28. The Labute approximate surface area is 106 Å². The van der Waals surface area contributed by atoms with Gasteiger partial charge in [-0.15, -0.1) is 0 Å². The van der Waals surface area contributed by atoms with Crippen molar-refractivity contribution in [2.75, 3.05) is 20.1 Å². The standard InChI is InChI=1S/C15H26N2/c1-4-9-15(11-10-14(5-2)16-3)17-12-7-6-8-13-17/h5,9-11,16H,4,6-8,12-13H2,1-3H3/b11-10-,14-5+,15-9-. The molecule has 1 heterocycles. The molecule has 0 amide bonds. The summed E-state index contributed by atoms with van der Waals surface area (Å²) in [5.41, 5.74) is 2.55. The fraction of sp³-hybridized carbons (Fsp3) is 0.600. The molecule has 0 aliphatic carbocycles. The van der Waals surface area contributed by atoms with Crippen LogP contribution in [0.2, 0.25) is 0 Å².